The number of anilines is 1. The highest BCUT2D eigenvalue weighted by atomic mass is 79.9. The standard InChI is InChI=1S/C13H17Br3N2O2/c14-9-5-11(15)13(12(16)6-9)17-7-10(19)8-18-1-3-20-4-2-18/h5-6,10,17,19H,1-4,7-8H2. The van der Waals surface area contributed by atoms with Crippen LogP contribution in [-0.4, -0.2) is 55.5 Å². The van der Waals surface area contributed by atoms with Crippen LogP contribution in [0.4, 0.5) is 5.69 Å². The Bertz CT molecular complexity index is 430. The highest BCUT2D eigenvalue weighted by Gasteiger charge is 2.15. The van der Waals surface area contributed by atoms with Crippen LogP contribution in [0.25, 0.3) is 0 Å². The molecule has 7 heteroatoms. The number of aliphatic hydroxyl groups excluding tert-OH is 1. The lowest BCUT2D eigenvalue weighted by atomic mass is 10.2. The van der Waals surface area contributed by atoms with Crippen LogP contribution in [0.15, 0.2) is 25.6 Å². The molecule has 4 nitrogen and oxygen atoms in total. The number of hydrogen-bond donors (Lipinski definition) is 2. The zero-order chi connectivity index (χ0) is 14.5. The molecule has 1 atom stereocenters. The number of hydrogen-bond acceptors (Lipinski definition) is 4. The van der Waals surface area contributed by atoms with Crippen molar-refractivity contribution in [2.75, 3.05) is 44.7 Å². The number of rotatable bonds is 5. The van der Waals surface area contributed by atoms with Crippen LogP contribution in [0.2, 0.25) is 0 Å². The van der Waals surface area contributed by atoms with Crippen LogP contribution >= 0.6 is 47.8 Å². The van der Waals surface area contributed by atoms with E-state index in [1.54, 1.807) is 0 Å². The van der Waals surface area contributed by atoms with Crippen LogP contribution in [0.5, 0.6) is 0 Å². The van der Waals surface area contributed by atoms with Crippen molar-refractivity contribution in [2.45, 2.75) is 6.10 Å². The summed E-state index contributed by atoms with van der Waals surface area (Å²) in [6.07, 6.45) is -0.407. The van der Waals surface area contributed by atoms with E-state index in [0.29, 0.717) is 13.1 Å². The Kier molecular flexibility index (Phi) is 6.77. The molecule has 0 radical (unpaired) electrons. The van der Waals surface area contributed by atoms with Gasteiger partial charge in [0.05, 0.1) is 25.0 Å². The van der Waals surface area contributed by atoms with Gasteiger partial charge >= 0.3 is 0 Å². The monoisotopic (exact) mass is 470 g/mol. The fraction of sp³-hybridized carbons (Fsp3) is 0.538. The zero-order valence-electron chi connectivity index (χ0n) is 10.9. The van der Waals surface area contributed by atoms with Gasteiger partial charge in [-0.2, -0.15) is 0 Å². The Morgan fingerprint density at radius 3 is 2.40 bits per heavy atom. The molecule has 1 aliphatic heterocycles. The molecule has 112 valence electrons. The molecule has 1 aromatic rings. The van der Waals surface area contributed by atoms with E-state index in [1.807, 2.05) is 12.1 Å². The first kappa shape index (κ1) is 16.7. The lowest BCUT2D eigenvalue weighted by Gasteiger charge is -2.28. The van der Waals surface area contributed by atoms with Gasteiger partial charge in [0.1, 0.15) is 0 Å². The largest absolute Gasteiger partial charge is 0.390 e. The Morgan fingerprint density at radius 2 is 1.80 bits per heavy atom. The first-order chi connectivity index (χ1) is 9.56. The minimum absolute atomic E-state index is 0.407. The van der Waals surface area contributed by atoms with E-state index in [4.69, 9.17) is 4.74 Å². The highest BCUT2D eigenvalue weighted by Crippen LogP contribution is 2.34. The molecule has 0 aromatic heterocycles. The van der Waals surface area contributed by atoms with E-state index in [0.717, 1.165) is 45.4 Å². The van der Waals surface area contributed by atoms with Crippen LogP contribution in [0.1, 0.15) is 0 Å². The summed E-state index contributed by atoms with van der Waals surface area (Å²) in [4.78, 5) is 2.22. The number of aliphatic hydroxyl groups is 1. The SMILES string of the molecule is OC(CNc1c(Br)cc(Br)cc1Br)CN1CCOCC1. The Morgan fingerprint density at radius 1 is 1.20 bits per heavy atom. The molecule has 1 unspecified atom stereocenters. The Hall–Kier alpha value is 0.340. The molecule has 1 saturated heterocycles. The van der Waals surface area contributed by atoms with E-state index in [9.17, 15) is 5.11 Å². The molecule has 0 saturated carbocycles. The predicted octanol–water partition coefficient (Wildman–Crippen LogP) is 3.08. The number of morpholine rings is 1. The molecule has 0 bridgehead atoms. The maximum absolute atomic E-state index is 10.1. The van der Waals surface area contributed by atoms with Gasteiger partial charge in [0.25, 0.3) is 0 Å². The fourth-order valence-electron chi connectivity index (χ4n) is 2.08. The molecular weight excluding hydrogens is 456 g/mol. The number of nitrogens with zero attached hydrogens (tertiary/aromatic N) is 1. The van der Waals surface area contributed by atoms with E-state index >= 15 is 0 Å². The molecule has 1 aromatic carbocycles. The molecule has 1 fully saturated rings. The second-order valence-corrected chi connectivity index (χ2v) is 7.32. The number of β-amino-alcohol motifs (C(OH)–C–C–N with tert-alkyl or cyclic N) is 1. The second-order valence-electron chi connectivity index (χ2n) is 4.69. The first-order valence-electron chi connectivity index (χ1n) is 6.43. The topological polar surface area (TPSA) is 44.7 Å². The lowest BCUT2D eigenvalue weighted by molar-refractivity contribution is 0.0171. The quantitative estimate of drug-likeness (QED) is 0.691. The van der Waals surface area contributed by atoms with Crippen molar-refractivity contribution in [3.05, 3.63) is 25.6 Å². The van der Waals surface area contributed by atoms with Crippen molar-refractivity contribution in [3.63, 3.8) is 0 Å². The van der Waals surface area contributed by atoms with Gasteiger partial charge in [0.15, 0.2) is 0 Å². The maximum atomic E-state index is 10.1. The molecule has 0 aliphatic carbocycles. The lowest BCUT2D eigenvalue weighted by Crippen LogP contribution is -2.42. The summed E-state index contributed by atoms with van der Waals surface area (Å²) in [5.74, 6) is 0. The number of ether oxygens (including phenoxy) is 1. The third-order valence-corrected chi connectivity index (χ3v) is 4.80. The van der Waals surface area contributed by atoms with Crippen LogP contribution in [0, 0.1) is 0 Å². The normalized spacial score (nSPS) is 18.0. The minimum atomic E-state index is -0.407. The summed E-state index contributed by atoms with van der Waals surface area (Å²) in [5.41, 5.74) is 0.953. The summed E-state index contributed by atoms with van der Waals surface area (Å²) in [6, 6.07) is 3.95. The van der Waals surface area contributed by atoms with Crippen molar-refractivity contribution in [1.82, 2.24) is 4.90 Å². The fourth-order valence-corrected chi connectivity index (χ4v) is 4.62. The van der Waals surface area contributed by atoms with Gasteiger partial charge < -0.3 is 15.2 Å². The van der Waals surface area contributed by atoms with Crippen LogP contribution < -0.4 is 5.32 Å². The minimum Gasteiger partial charge on any atom is -0.390 e. The molecule has 0 amide bonds. The average Bonchev–Trinajstić information content (AvgIpc) is 2.38. The van der Waals surface area contributed by atoms with Crippen LogP contribution in [0.3, 0.4) is 0 Å². The van der Waals surface area contributed by atoms with Crippen LogP contribution in [-0.2, 0) is 4.74 Å². The summed E-state index contributed by atoms with van der Waals surface area (Å²) in [7, 11) is 0. The van der Waals surface area contributed by atoms with Gasteiger partial charge in [-0.05, 0) is 44.0 Å². The van der Waals surface area contributed by atoms with Gasteiger partial charge in [-0.15, -0.1) is 0 Å². The van der Waals surface area contributed by atoms with E-state index in [-0.39, 0.29) is 0 Å². The molecular formula is C13H17Br3N2O2. The van der Waals surface area contributed by atoms with Crippen molar-refractivity contribution in [2.24, 2.45) is 0 Å². The second kappa shape index (κ2) is 8.10. The number of nitrogens with one attached hydrogen (secondary N) is 1. The van der Waals surface area contributed by atoms with E-state index < -0.39 is 6.10 Å². The van der Waals surface area contributed by atoms with Gasteiger partial charge in [-0.25, -0.2) is 0 Å². The summed E-state index contributed by atoms with van der Waals surface area (Å²) < 4.78 is 8.21. The maximum Gasteiger partial charge on any atom is 0.0839 e. The molecule has 1 aliphatic rings. The average molecular weight is 473 g/mol. The number of halogens is 3. The van der Waals surface area contributed by atoms with E-state index in [2.05, 4.69) is 58.0 Å². The third kappa shape index (κ3) is 4.96. The summed E-state index contributed by atoms with van der Waals surface area (Å²) in [6.45, 7) is 4.47. The Labute approximate surface area is 144 Å². The predicted molar refractivity (Wildman–Crippen MR) is 91.3 cm³/mol. The molecule has 2 N–H and O–H groups in total. The number of benzene rings is 1. The van der Waals surface area contributed by atoms with E-state index in [1.165, 1.54) is 0 Å². The van der Waals surface area contributed by atoms with Gasteiger partial charge in [-0.3, -0.25) is 4.90 Å². The molecule has 0 spiro atoms. The highest BCUT2D eigenvalue weighted by molar-refractivity contribution is 9.11. The van der Waals surface area contributed by atoms with Gasteiger partial charge in [0.2, 0.25) is 0 Å². The van der Waals surface area contributed by atoms with Crippen molar-refractivity contribution in [3.8, 4) is 0 Å². The van der Waals surface area contributed by atoms with Crippen molar-refractivity contribution < 1.29 is 9.84 Å². The third-order valence-electron chi connectivity index (χ3n) is 3.09. The van der Waals surface area contributed by atoms with Crippen molar-refractivity contribution >= 4 is 53.5 Å². The molecule has 20 heavy (non-hydrogen) atoms. The van der Waals surface area contributed by atoms with Gasteiger partial charge in [-0.1, -0.05) is 15.9 Å². The summed E-state index contributed by atoms with van der Waals surface area (Å²) in [5, 5.41) is 13.4. The smallest absolute Gasteiger partial charge is 0.0839 e. The summed E-state index contributed by atoms with van der Waals surface area (Å²) >= 11 is 10.5. The van der Waals surface area contributed by atoms with Crippen molar-refractivity contribution in [1.29, 1.82) is 0 Å². The Balaban J connectivity index is 1.85. The molecule has 1 heterocycles. The van der Waals surface area contributed by atoms with Gasteiger partial charge in [0, 0.05) is 39.6 Å². The first-order valence-corrected chi connectivity index (χ1v) is 8.80. The molecule has 2 rings (SSSR count). The zero-order valence-corrected chi connectivity index (χ0v) is 15.7.